The van der Waals surface area contributed by atoms with Crippen LogP contribution in [-0.4, -0.2) is 18.9 Å². The highest BCUT2D eigenvalue weighted by molar-refractivity contribution is 9.10. The number of ether oxygens (including phenoxy) is 1. The van der Waals surface area contributed by atoms with Crippen molar-refractivity contribution in [2.75, 3.05) is 14.2 Å². The molecule has 0 radical (unpaired) electrons. The third-order valence-electron chi connectivity index (χ3n) is 3.34. The fraction of sp³-hybridized carbons (Fsp3) is 0.538. The smallest absolute Gasteiger partial charge is 0.124 e. The quantitative estimate of drug-likeness (QED) is 0.898. The van der Waals surface area contributed by atoms with Crippen LogP contribution < -0.4 is 10.1 Å². The van der Waals surface area contributed by atoms with Gasteiger partial charge in [0.25, 0.3) is 0 Å². The van der Waals surface area contributed by atoms with Crippen LogP contribution in [-0.2, 0) is 5.75 Å². The number of methoxy groups -OCH3 is 1. The minimum atomic E-state index is 0.176. The van der Waals surface area contributed by atoms with Crippen molar-refractivity contribution in [1.29, 1.82) is 0 Å². The maximum absolute atomic E-state index is 5.52. The van der Waals surface area contributed by atoms with Crippen molar-refractivity contribution in [3.05, 3.63) is 27.7 Å². The van der Waals surface area contributed by atoms with E-state index in [4.69, 9.17) is 4.74 Å². The van der Waals surface area contributed by atoms with Crippen LogP contribution in [0.15, 0.2) is 16.6 Å². The van der Waals surface area contributed by atoms with Crippen LogP contribution in [0.25, 0.3) is 0 Å². The van der Waals surface area contributed by atoms with Crippen molar-refractivity contribution in [3.63, 3.8) is 0 Å². The lowest BCUT2D eigenvalue weighted by molar-refractivity contribution is 0.387. The summed E-state index contributed by atoms with van der Waals surface area (Å²) >= 11 is 5.62. The van der Waals surface area contributed by atoms with Crippen LogP contribution in [0, 0.1) is 0 Å². The summed E-state index contributed by atoms with van der Waals surface area (Å²) in [7, 11) is 3.76. The molecule has 1 unspecified atom stereocenters. The van der Waals surface area contributed by atoms with Gasteiger partial charge in [-0.05, 0) is 38.6 Å². The van der Waals surface area contributed by atoms with Gasteiger partial charge in [-0.1, -0.05) is 15.9 Å². The van der Waals surface area contributed by atoms with Crippen LogP contribution >= 0.6 is 27.7 Å². The second-order valence-electron chi connectivity index (χ2n) is 4.76. The van der Waals surface area contributed by atoms with Crippen LogP contribution in [0.1, 0.15) is 31.0 Å². The Hall–Kier alpha value is -0.190. The van der Waals surface area contributed by atoms with Gasteiger partial charge in [0.1, 0.15) is 5.75 Å². The number of hydrogen-bond acceptors (Lipinski definition) is 3. The molecule has 0 aliphatic carbocycles. The highest BCUT2D eigenvalue weighted by Gasteiger charge is 2.38. The summed E-state index contributed by atoms with van der Waals surface area (Å²) < 4.78 is 6.88. The van der Waals surface area contributed by atoms with E-state index in [1.165, 1.54) is 15.6 Å². The van der Waals surface area contributed by atoms with Crippen molar-refractivity contribution in [3.8, 4) is 5.75 Å². The molecule has 4 heteroatoms. The molecule has 0 bridgehead atoms. The van der Waals surface area contributed by atoms with Crippen molar-refractivity contribution < 1.29 is 4.74 Å². The van der Waals surface area contributed by atoms with E-state index in [0.29, 0.717) is 6.04 Å². The van der Waals surface area contributed by atoms with Crippen LogP contribution in [0.4, 0.5) is 0 Å². The predicted octanol–water partition coefficient (Wildman–Crippen LogP) is 3.74. The minimum Gasteiger partial charge on any atom is -0.496 e. The van der Waals surface area contributed by atoms with Gasteiger partial charge < -0.3 is 10.1 Å². The van der Waals surface area contributed by atoms with Gasteiger partial charge in [-0.15, -0.1) is 11.8 Å². The van der Waals surface area contributed by atoms with Gasteiger partial charge in [-0.3, -0.25) is 0 Å². The first-order chi connectivity index (χ1) is 8.01. The van der Waals surface area contributed by atoms with E-state index in [-0.39, 0.29) is 4.75 Å². The van der Waals surface area contributed by atoms with E-state index in [1.54, 1.807) is 7.11 Å². The van der Waals surface area contributed by atoms with Gasteiger partial charge in [0, 0.05) is 20.5 Å². The van der Waals surface area contributed by atoms with E-state index >= 15 is 0 Å². The van der Waals surface area contributed by atoms with E-state index < -0.39 is 0 Å². The van der Waals surface area contributed by atoms with E-state index in [0.717, 1.165) is 11.5 Å². The minimum absolute atomic E-state index is 0.176. The topological polar surface area (TPSA) is 21.3 Å². The Morgan fingerprint density at radius 3 is 2.76 bits per heavy atom. The summed E-state index contributed by atoms with van der Waals surface area (Å²) in [6.07, 6.45) is 0. The highest BCUT2D eigenvalue weighted by atomic mass is 79.9. The molecule has 2 rings (SSSR count). The zero-order valence-electron chi connectivity index (χ0n) is 10.6. The number of hydrogen-bond donors (Lipinski definition) is 1. The fourth-order valence-electron chi connectivity index (χ4n) is 2.44. The Bertz CT molecular complexity index is 434. The summed E-state index contributed by atoms with van der Waals surface area (Å²) in [6.45, 7) is 4.56. The highest BCUT2D eigenvalue weighted by Crippen LogP contribution is 2.50. The molecule has 1 aromatic rings. The lowest BCUT2D eigenvalue weighted by Crippen LogP contribution is -2.38. The predicted molar refractivity (Wildman–Crippen MR) is 77.9 cm³/mol. The lowest BCUT2D eigenvalue weighted by Gasteiger charge is -2.40. The standard InChI is InChI=1S/C13H18BrNOS/c1-13(2)12(15-3)11-8(7-17-13)9(14)5-6-10(11)16-4/h5-6,12,15H,7H2,1-4H3. The zero-order valence-corrected chi connectivity index (χ0v) is 13.0. The number of thioether (sulfide) groups is 1. The van der Waals surface area contributed by atoms with Gasteiger partial charge in [-0.25, -0.2) is 0 Å². The average Bonchev–Trinajstić information content (AvgIpc) is 2.28. The summed E-state index contributed by atoms with van der Waals surface area (Å²) in [5.74, 6) is 2.01. The Balaban J connectivity index is 2.62. The van der Waals surface area contributed by atoms with Gasteiger partial charge in [0.05, 0.1) is 13.2 Å². The molecular formula is C13H18BrNOS. The van der Waals surface area contributed by atoms with Gasteiger partial charge in [-0.2, -0.15) is 0 Å². The number of rotatable bonds is 2. The largest absolute Gasteiger partial charge is 0.496 e. The normalized spacial score (nSPS) is 22.1. The van der Waals surface area contributed by atoms with Crippen LogP contribution in [0.3, 0.4) is 0 Å². The SMILES string of the molecule is CNC1c2c(OC)ccc(Br)c2CSC1(C)C. The summed E-state index contributed by atoms with van der Waals surface area (Å²) in [5, 5.41) is 3.43. The molecule has 1 aromatic carbocycles. The Labute approximate surface area is 116 Å². The van der Waals surface area contributed by atoms with E-state index in [9.17, 15) is 0 Å². The molecule has 2 nitrogen and oxygen atoms in total. The first-order valence-electron chi connectivity index (χ1n) is 5.67. The molecule has 0 fully saturated rings. The van der Waals surface area contributed by atoms with Crippen molar-refractivity contribution >= 4 is 27.7 Å². The van der Waals surface area contributed by atoms with Gasteiger partial charge in [0.15, 0.2) is 0 Å². The van der Waals surface area contributed by atoms with Crippen molar-refractivity contribution in [1.82, 2.24) is 5.32 Å². The molecule has 17 heavy (non-hydrogen) atoms. The maximum atomic E-state index is 5.52. The molecule has 0 saturated heterocycles. The maximum Gasteiger partial charge on any atom is 0.124 e. The zero-order chi connectivity index (χ0) is 12.6. The molecule has 1 aliphatic heterocycles. The number of nitrogens with one attached hydrogen (secondary N) is 1. The van der Waals surface area contributed by atoms with Crippen LogP contribution in [0.5, 0.6) is 5.75 Å². The molecule has 1 aliphatic rings. The molecule has 1 atom stereocenters. The first-order valence-corrected chi connectivity index (χ1v) is 7.45. The van der Waals surface area contributed by atoms with Crippen LogP contribution in [0.2, 0.25) is 0 Å². The number of fused-ring (bicyclic) bond motifs is 1. The van der Waals surface area contributed by atoms with E-state index in [1.807, 2.05) is 24.9 Å². The molecule has 94 valence electrons. The van der Waals surface area contributed by atoms with E-state index in [2.05, 4.69) is 41.2 Å². The van der Waals surface area contributed by atoms with Crippen molar-refractivity contribution in [2.45, 2.75) is 30.4 Å². The number of benzene rings is 1. The second-order valence-corrected chi connectivity index (χ2v) is 7.24. The molecule has 1 N–H and O–H groups in total. The number of halogens is 1. The summed E-state index contributed by atoms with van der Waals surface area (Å²) in [6, 6.07) is 4.42. The monoisotopic (exact) mass is 315 g/mol. The molecular weight excluding hydrogens is 298 g/mol. The lowest BCUT2D eigenvalue weighted by atomic mass is 9.90. The third kappa shape index (κ3) is 2.23. The Morgan fingerprint density at radius 2 is 2.18 bits per heavy atom. The van der Waals surface area contributed by atoms with Gasteiger partial charge >= 0.3 is 0 Å². The van der Waals surface area contributed by atoms with Crippen molar-refractivity contribution in [2.24, 2.45) is 0 Å². The molecule has 0 spiro atoms. The first kappa shape index (κ1) is 13.2. The molecule has 1 heterocycles. The third-order valence-corrected chi connectivity index (χ3v) is 5.50. The Morgan fingerprint density at radius 1 is 1.47 bits per heavy atom. The molecule has 0 saturated carbocycles. The molecule has 0 aromatic heterocycles. The fourth-order valence-corrected chi connectivity index (χ4v) is 4.34. The average molecular weight is 316 g/mol. The summed E-state index contributed by atoms with van der Waals surface area (Å²) in [5.41, 5.74) is 2.65. The molecule has 0 amide bonds. The second kappa shape index (κ2) is 4.82. The Kier molecular flexibility index (Phi) is 3.76. The summed E-state index contributed by atoms with van der Waals surface area (Å²) in [4.78, 5) is 0. The van der Waals surface area contributed by atoms with Gasteiger partial charge in [0.2, 0.25) is 0 Å².